The van der Waals surface area contributed by atoms with Crippen molar-refractivity contribution in [3.05, 3.63) is 17.5 Å². The highest BCUT2D eigenvalue weighted by molar-refractivity contribution is 7.89. The van der Waals surface area contributed by atoms with E-state index in [4.69, 9.17) is 9.47 Å². The molecule has 7 nitrogen and oxygen atoms in total. The van der Waals surface area contributed by atoms with Crippen LogP contribution in [-0.2, 0) is 32.5 Å². The number of nitrogens with one attached hydrogen (secondary N) is 1. The van der Waals surface area contributed by atoms with Gasteiger partial charge in [0.25, 0.3) is 0 Å². The van der Waals surface area contributed by atoms with Crippen molar-refractivity contribution in [3.63, 3.8) is 0 Å². The molecule has 3 rings (SSSR count). The van der Waals surface area contributed by atoms with Crippen molar-refractivity contribution in [2.24, 2.45) is 0 Å². The van der Waals surface area contributed by atoms with Crippen LogP contribution < -0.4 is 4.72 Å². The molecule has 0 saturated carbocycles. The summed E-state index contributed by atoms with van der Waals surface area (Å²) < 4.78 is 40.2. The van der Waals surface area contributed by atoms with E-state index in [1.54, 1.807) is 7.11 Å². The molecule has 130 valence electrons. The summed E-state index contributed by atoms with van der Waals surface area (Å²) in [6.07, 6.45) is 6.17. The number of ether oxygens (including phenoxy) is 2. The van der Waals surface area contributed by atoms with Gasteiger partial charge in [-0.2, -0.15) is 5.10 Å². The van der Waals surface area contributed by atoms with Crippen LogP contribution >= 0.6 is 0 Å². The summed E-state index contributed by atoms with van der Waals surface area (Å²) in [6.45, 7) is 1.86. The van der Waals surface area contributed by atoms with Gasteiger partial charge in [-0.05, 0) is 37.7 Å². The van der Waals surface area contributed by atoms with Gasteiger partial charge in [0, 0.05) is 13.7 Å². The fourth-order valence-corrected chi connectivity index (χ4v) is 4.93. The van der Waals surface area contributed by atoms with Crippen LogP contribution in [0.5, 0.6) is 0 Å². The first kappa shape index (κ1) is 16.9. The second kappa shape index (κ2) is 7.29. The van der Waals surface area contributed by atoms with Gasteiger partial charge in [-0.15, -0.1) is 0 Å². The molecule has 2 atom stereocenters. The first-order chi connectivity index (χ1) is 11.1. The van der Waals surface area contributed by atoms with Crippen molar-refractivity contribution in [1.82, 2.24) is 14.5 Å². The fraction of sp³-hybridized carbons (Fsp3) is 0.800. The third-order valence-electron chi connectivity index (χ3n) is 4.49. The Balaban J connectivity index is 1.72. The van der Waals surface area contributed by atoms with Crippen LogP contribution in [0.3, 0.4) is 0 Å². The lowest BCUT2D eigenvalue weighted by Crippen LogP contribution is -2.37. The molecule has 0 spiro atoms. The Hall–Kier alpha value is -0.960. The Morgan fingerprint density at radius 3 is 3.04 bits per heavy atom. The van der Waals surface area contributed by atoms with Crippen LogP contribution in [0.25, 0.3) is 0 Å². The van der Waals surface area contributed by atoms with Crippen molar-refractivity contribution < 1.29 is 17.9 Å². The molecule has 2 heterocycles. The molecule has 2 aliphatic rings. The summed E-state index contributed by atoms with van der Waals surface area (Å²) >= 11 is 0. The van der Waals surface area contributed by atoms with Gasteiger partial charge in [0.05, 0.1) is 42.9 Å². The van der Waals surface area contributed by atoms with Crippen LogP contribution in [0.15, 0.2) is 6.20 Å². The van der Waals surface area contributed by atoms with Gasteiger partial charge in [-0.25, -0.2) is 13.1 Å². The van der Waals surface area contributed by atoms with Crippen molar-refractivity contribution in [2.75, 3.05) is 26.1 Å². The first-order valence-corrected chi connectivity index (χ1v) is 9.89. The number of sulfonamides is 1. The number of fused-ring (bicyclic) bond motifs is 1. The second-order valence-electron chi connectivity index (χ2n) is 6.25. The quantitative estimate of drug-likeness (QED) is 0.799. The molecule has 2 unspecified atom stereocenters. The highest BCUT2D eigenvalue weighted by Crippen LogP contribution is 2.30. The van der Waals surface area contributed by atoms with Crippen molar-refractivity contribution >= 4 is 10.0 Å². The van der Waals surface area contributed by atoms with E-state index in [1.807, 2.05) is 10.9 Å². The SMILES string of the molecule is COCCn1ncc2c1C(NS(=O)(=O)CC1CCCO1)CCC2. The smallest absolute Gasteiger partial charge is 0.214 e. The van der Waals surface area contributed by atoms with Gasteiger partial charge in [0.2, 0.25) is 10.0 Å². The highest BCUT2D eigenvalue weighted by atomic mass is 32.2. The molecule has 1 aliphatic heterocycles. The minimum Gasteiger partial charge on any atom is -0.383 e. The van der Waals surface area contributed by atoms with E-state index in [9.17, 15) is 8.42 Å². The Morgan fingerprint density at radius 1 is 1.43 bits per heavy atom. The number of rotatable bonds is 7. The molecule has 23 heavy (non-hydrogen) atoms. The highest BCUT2D eigenvalue weighted by Gasteiger charge is 2.30. The average molecular weight is 343 g/mol. The lowest BCUT2D eigenvalue weighted by atomic mass is 9.94. The van der Waals surface area contributed by atoms with E-state index < -0.39 is 10.0 Å². The number of aromatic nitrogens is 2. The summed E-state index contributed by atoms with van der Waals surface area (Å²) in [7, 11) is -1.72. The fourth-order valence-electron chi connectivity index (χ4n) is 3.42. The van der Waals surface area contributed by atoms with Crippen LogP contribution in [0.2, 0.25) is 0 Å². The summed E-state index contributed by atoms with van der Waals surface area (Å²) in [5, 5.41) is 4.40. The van der Waals surface area contributed by atoms with E-state index in [2.05, 4.69) is 9.82 Å². The van der Waals surface area contributed by atoms with Crippen LogP contribution in [0, 0.1) is 0 Å². The van der Waals surface area contributed by atoms with Crippen LogP contribution in [0.4, 0.5) is 0 Å². The summed E-state index contributed by atoms with van der Waals surface area (Å²) in [5.41, 5.74) is 2.13. The summed E-state index contributed by atoms with van der Waals surface area (Å²) in [5.74, 6) is 0.0467. The van der Waals surface area contributed by atoms with E-state index in [0.29, 0.717) is 19.8 Å². The van der Waals surface area contributed by atoms with Gasteiger partial charge in [-0.1, -0.05) is 0 Å². The van der Waals surface area contributed by atoms with E-state index in [-0.39, 0.29) is 17.9 Å². The minimum absolute atomic E-state index is 0.0467. The molecule has 1 fully saturated rings. The Bertz CT molecular complexity index is 623. The van der Waals surface area contributed by atoms with E-state index >= 15 is 0 Å². The molecule has 1 saturated heterocycles. The predicted molar refractivity (Wildman–Crippen MR) is 85.7 cm³/mol. The lowest BCUT2D eigenvalue weighted by Gasteiger charge is -2.25. The van der Waals surface area contributed by atoms with Gasteiger partial charge in [0.1, 0.15) is 0 Å². The number of nitrogens with zero attached hydrogens (tertiary/aromatic N) is 2. The third-order valence-corrected chi connectivity index (χ3v) is 5.94. The third kappa shape index (κ3) is 4.12. The van der Waals surface area contributed by atoms with Gasteiger partial charge >= 0.3 is 0 Å². The second-order valence-corrected chi connectivity index (χ2v) is 8.05. The predicted octanol–water partition coefficient (Wildman–Crippen LogP) is 1.01. The van der Waals surface area contributed by atoms with Gasteiger partial charge in [0.15, 0.2) is 0 Å². The molecule has 8 heteroatoms. The Kier molecular flexibility index (Phi) is 5.35. The van der Waals surface area contributed by atoms with Crippen molar-refractivity contribution in [3.8, 4) is 0 Å². The number of aryl methyl sites for hydroxylation is 1. The van der Waals surface area contributed by atoms with Crippen LogP contribution in [-0.4, -0.2) is 50.4 Å². The monoisotopic (exact) mass is 343 g/mol. The zero-order valence-corrected chi connectivity index (χ0v) is 14.3. The standard InChI is InChI=1S/C15H25N3O4S/c1-21-9-7-18-15-12(10-16-18)4-2-6-14(15)17-23(19,20)11-13-5-3-8-22-13/h10,13-14,17H,2-9,11H2,1H3. The molecule has 1 aromatic heterocycles. The first-order valence-electron chi connectivity index (χ1n) is 8.24. The van der Waals surface area contributed by atoms with Gasteiger partial charge in [-0.3, -0.25) is 4.68 Å². The maximum atomic E-state index is 12.5. The molecule has 0 radical (unpaired) electrons. The van der Waals surface area contributed by atoms with Crippen molar-refractivity contribution in [2.45, 2.75) is 50.8 Å². The molecule has 1 aliphatic carbocycles. The topological polar surface area (TPSA) is 82.5 Å². The average Bonchev–Trinajstić information content (AvgIpc) is 3.14. The summed E-state index contributed by atoms with van der Waals surface area (Å²) in [4.78, 5) is 0. The zero-order valence-electron chi connectivity index (χ0n) is 13.5. The molecule has 1 aromatic rings. The maximum absolute atomic E-state index is 12.5. The van der Waals surface area contributed by atoms with Crippen molar-refractivity contribution in [1.29, 1.82) is 0 Å². The summed E-state index contributed by atoms with van der Waals surface area (Å²) in [6, 6.07) is -0.204. The zero-order chi connectivity index (χ0) is 16.3. The molecule has 1 N–H and O–H groups in total. The molecular formula is C15H25N3O4S. The number of hydrogen-bond acceptors (Lipinski definition) is 5. The van der Waals surface area contributed by atoms with E-state index in [1.165, 1.54) is 0 Å². The Labute approximate surface area is 137 Å². The van der Waals surface area contributed by atoms with Crippen LogP contribution in [0.1, 0.15) is 43.0 Å². The Morgan fingerprint density at radius 2 is 2.30 bits per heavy atom. The molecule has 0 amide bonds. The number of hydrogen-bond donors (Lipinski definition) is 1. The maximum Gasteiger partial charge on any atom is 0.214 e. The molecule has 0 bridgehead atoms. The normalized spacial score (nSPS) is 24.7. The largest absolute Gasteiger partial charge is 0.383 e. The van der Waals surface area contributed by atoms with E-state index in [0.717, 1.165) is 43.4 Å². The van der Waals surface area contributed by atoms with Gasteiger partial charge < -0.3 is 9.47 Å². The minimum atomic E-state index is -3.37. The number of methoxy groups -OCH3 is 1. The molecule has 0 aromatic carbocycles. The lowest BCUT2D eigenvalue weighted by molar-refractivity contribution is 0.127. The molecular weight excluding hydrogens is 318 g/mol.